The predicted molar refractivity (Wildman–Crippen MR) is 67.9 cm³/mol. The molecule has 1 aromatic carbocycles. The molecule has 0 radical (unpaired) electrons. The van der Waals surface area contributed by atoms with Crippen LogP contribution < -0.4 is 11.1 Å². The lowest BCUT2D eigenvalue weighted by Gasteiger charge is -2.06. The van der Waals surface area contributed by atoms with Gasteiger partial charge in [-0.15, -0.1) is 0 Å². The molecule has 0 saturated carbocycles. The number of aromatic carboxylic acids is 1. The summed E-state index contributed by atoms with van der Waals surface area (Å²) >= 11 is 0. The number of nitrogens with two attached hydrogens (primary N) is 1. The van der Waals surface area contributed by atoms with Crippen molar-refractivity contribution in [3.8, 4) is 0 Å². The molecular formula is C13H11FN2O4. The normalized spacial score (nSPS) is 10.2. The fourth-order valence-electron chi connectivity index (χ4n) is 1.60. The second-order valence-corrected chi connectivity index (χ2v) is 3.98. The summed E-state index contributed by atoms with van der Waals surface area (Å²) < 4.78 is 18.3. The molecule has 0 aliphatic rings. The predicted octanol–water partition coefficient (Wildman–Crippen LogP) is 1.83. The minimum atomic E-state index is -1.16. The monoisotopic (exact) mass is 278 g/mol. The Hall–Kier alpha value is -2.83. The van der Waals surface area contributed by atoms with Gasteiger partial charge in [-0.1, -0.05) is 0 Å². The number of benzene rings is 1. The van der Waals surface area contributed by atoms with E-state index in [4.69, 9.17) is 15.3 Å². The van der Waals surface area contributed by atoms with E-state index in [9.17, 15) is 14.0 Å². The molecule has 0 saturated heterocycles. The van der Waals surface area contributed by atoms with E-state index >= 15 is 0 Å². The maximum absolute atomic E-state index is 13.3. The highest BCUT2D eigenvalue weighted by molar-refractivity contribution is 5.94. The van der Waals surface area contributed by atoms with Crippen LogP contribution in [0.2, 0.25) is 0 Å². The number of halogens is 1. The highest BCUT2D eigenvalue weighted by Crippen LogP contribution is 2.16. The Kier molecular flexibility index (Phi) is 3.69. The van der Waals surface area contributed by atoms with E-state index in [1.807, 2.05) is 0 Å². The zero-order valence-electron chi connectivity index (χ0n) is 10.2. The summed E-state index contributed by atoms with van der Waals surface area (Å²) in [5.74, 6) is -2.49. The Bertz CT molecular complexity index is 666. The Balaban J connectivity index is 2.08. The molecule has 4 N–H and O–H groups in total. The van der Waals surface area contributed by atoms with Gasteiger partial charge in [-0.2, -0.15) is 0 Å². The lowest BCUT2D eigenvalue weighted by molar-refractivity contribution is 0.0660. The molecule has 1 aromatic heterocycles. The number of anilines is 1. The third kappa shape index (κ3) is 2.94. The molecule has 6 nitrogen and oxygen atoms in total. The Morgan fingerprint density at radius 2 is 2.05 bits per heavy atom. The minimum absolute atomic E-state index is 0.168. The molecule has 0 aliphatic heterocycles. The van der Waals surface area contributed by atoms with Crippen LogP contribution in [-0.4, -0.2) is 17.0 Å². The van der Waals surface area contributed by atoms with Crippen molar-refractivity contribution >= 4 is 17.6 Å². The van der Waals surface area contributed by atoms with Gasteiger partial charge in [0.1, 0.15) is 11.6 Å². The average Bonchev–Trinajstić information content (AvgIpc) is 2.86. The lowest BCUT2D eigenvalue weighted by Crippen LogP contribution is -2.13. The first-order valence-electron chi connectivity index (χ1n) is 5.62. The van der Waals surface area contributed by atoms with Gasteiger partial charge in [0.2, 0.25) is 5.76 Å². The van der Waals surface area contributed by atoms with Crippen molar-refractivity contribution in [2.45, 2.75) is 6.54 Å². The van der Waals surface area contributed by atoms with Crippen molar-refractivity contribution in [1.82, 2.24) is 0 Å². The van der Waals surface area contributed by atoms with Crippen LogP contribution >= 0.6 is 0 Å². The topological polar surface area (TPSA) is 106 Å². The standard InChI is InChI=1S/C13H11FN2O4/c14-10-3-1-7(5-9(10)12(15)17)16-6-8-2-4-11(20-8)13(18)19/h1-5,16H,6H2,(H2,15,17)(H,18,19). The summed E-state index contributed by atoms with van der Waals surface area (Å²) in [4.78, 5) is 21.6. The number of rotatable bonds is 5. The SMILES string of the molecule is NC(=O)c1cc(NCc2ccc(C(=O)O)o2)ccc1F. The first kappa shape index (κ1) is 13.6. The second-order valence-electron chi connectivity index (χ2n) is 3.98. The third-order valence-electron chi connectivity index (χ3n) is 2.57. The fourth-order valence-corrected chi connectivity index (χ4v) is 1.60. The number of amides is 1. The first-order chi connectivity index (χ1) is 9.47. The summed E-state index contributed by atoms with van der Waals surface area (Å²) in [5, 5.41) is 11.6. The van der Waals surface area contributed by atoms with Crippen LogP contribution in [0.4, 0.5) is 10.1 Å². The Morgan fingerprint density at radius 1 is 1.30 bits per heavy atom. The van der Waals surface area contributed by atoms with Gasteiger partial charge in [-0.3, -0.25) is 4.79 Å². The summed E-state index contributed by atoms with van der Waals surface area (Å²) in [6, 6.07) is 6.67. The number of carbonyl (C=O) groups is 2. The van der Waals surface area contributed by atoms with Crippen LogP contribution in [-0.2, 0) is 6.54 Å². The van der Waals surface area contributed by atoms with E-state index in [0.29, 0.717) is 11.4 Å². The quantitative estimate of drug-likeness (QED) is 0.773. The molecule has 0 fully saturated rings. The maximum Gasteiger partial charge on any atom is 0.371 e. The zero-order valence-corrected chi connectivity index (χ0v) is 10.2. The van der Waals surface area contributed by atoms with Gasteiger partial charge in [0, 0.05) is 5.69 Å². The lowest BCUT2D eigenvalue weighted by atomic mass is 10.2. The number of hydrogen-bond donors (Lipinski definition) is 3. The molecule has 104 valence electrons. The highest BCUT2D eigenvalue weighted by Gasteiger charge is 2.11. The molecule has 0 unspecified atom stereocenters. The summed E-state index contributed by atoms with van der Waals surface area (Å²) in [6.45, 7) is 0.192. The largest absolute Gasteiger partial charge is 0.475 e. The van der Waals surface area contributed by atoms with Crippen LogP contribution in [0.15, 0.2) is 34.7 Å². The molecule has 0 bridgehead atoms. The summed E-state index contributed by atoms with van der Waals surface area (Å²) in [6.07, 6.45) is 0. The molecular weight excluding hydrogens is 267 g/mol. The molecule has 0 atom stereocenters. The molecule has 7 heteroatoms. The third-order valence-corrected chi connectivity index (χ3v) is 2.57. The Morgan fingerprint density at radius 3 is 2.65 bits per heavy atom. The van der Waals surface area contributed by atoms with Gasteiger partial charge in [-0.05, 0) is 30.3 Å². The van der Waals surface area contributed by atoms with E-state index < -0.39 is 17.7 Å². The van der Waals surface area contributed by atoms with Crippen LogP contribution in [0.5, 0.6) is 0 Å². The second kappa shape index (κ2) is 5.43. The number of furan rings is 1. The van der Waals surface area contributed by atoms with Crippen molar-refractivity contribution in [2.75, 3.05) is 5.32 Å². The average molecular weight is 278 g/mol. The van der Waals surface area contributed by atoms with E-state index in [1.54, 1.807) is 0 Å². The van der Waals surface area contributed by atoms with Crippen molar-refractivity contribution in [2.24, 2.45) is 5.73 Å². The van der Waals surface area contributed by atoms with Gasteiger partial charge in [-0.25, -0.2) is 9.18 Å². The maximum atomic E-state index is 13.3. The van der Waals surface area contributed by atoms with Crippen molar-refractivity contribution in [3.05, 3.63) is 53.2 Å². The molecule has 1 heterocycles. The van der Waals surface area contributed by atoms with Gasteiger partial charge in [0.15, 0.2) is 0 Å². The number of carbonyl (C=O) groups excluding carboxylic acids is 1. The number of primary amides is 1. The number of carboxylic acid groups (broad SMARTS) is 1. The summed E-state index contributed by atoms with van der Waals surface area (Å²) in [7, 11) is 0. The first-order valence-corrected chi connectivity index (χ1v) is 5.62. The fraction of sp³-hybridized carbons (Fsp3) is 0.0769. The number of hydrogen-bond acceptors (Lipinski definition) is 4. The zero-order chi connectivity index (χ0) is 14.7. The molecule has 2 aromatic rings. The molecule has 2 rings (SSSR count). The number of carboxylic acids is 1. The molecule has 0 spiro atoms. The van der Waals surface area contributed by atoms with E-state index in [1.165, 1.54) is 24.3 Å². The minimum Gasteiger partial charge on any atom is -0.475 e. The van der Waals surface area contributed by atoms with Crippen molar-refractivity contribution in [3.63, 3.8) is 0 Å². The van der Waals surface area contributed by atoms with Gasteiger partial charge in [0.25, 0.3) is 5.91 Å². The van der Waals surface area contributed by atoms with Crippen molar-refractivity contribution in [1.29, 1.82) is 0 Å². The molecule has 20 heavy (non-hydrogen) atoms. The smallest absolute Gasteiger partial charge is 0.371 e. The van der Waals surface area contributed by atoms with Crippen LogP contribution in [0.3, 0.4) is 0 Å². The summed E-state index contributed by atoms with van der Waals surface area (Å²) in [5.41, 5.74) is 5.28. The molecule has 1 amide bonds. The van der Waals surface area contributed by atoms with E-state index in [2.05, 4.69) is 5.32 Å². The van der Waals surface area contributed by atoms with Crippen LogP contribution in [0.1, 0.15) is 26.7 Å². The molecule has 0 aliphatic carbocycles. The van der Waals surface area contributed by atoms with E-state index in [0.717, 1.165) is 6.07 Å². The van der Waals surface area contributed by atoms with Gasteiger partial charge >= 0.3 is 5.97 Å². The van der Waals surface area contributed by atoms with Crippen LogP contribution in [0.25, 0.3) is 0 Å². The van der Waals surface area contributed by atoms with Crippen LogP contribution in [0, 0.1) is 5.82 Å². The number of nitrogens with one attached hydrogen (secondary N) is 1. The van der Waals surface area contributed by atoms with Gasteiger partial charge in [0.05, 0.1) is 12.1 Å². The van der Waals surface area contributed by atoms with E-state index in [-0.39, 0.29) is 17.9 Å². The van der Waals surface area contributed by atoms with Gasteiger partial charge < -0.3 is 20.6 Å². The Labute approximate surface area is 113 Å². The van der Waals surface area contributed by atoms with Crippen molar-refractivity contribution < 1.29 is 23.5 Å². The highest BCUT2D eigenvalue weighted by atomic mass is 19.1.